The van der Waals surface area contributed by atoms with Crippen molar-refractivity contribution in [2.45, 2.75) is 19.5 Å². The van der Waals surface area contributed by atoms with Gasteiger partial charge in [-0.3, -0.25) is 4.90 Å². The molecule has 0 saturated heterocycles. The van der Waals surface area contributed by atoms with E-state index in [-0.39, 0.29) is 11.9 Å². The molecule has 1 atom stereocenters. The Labute approximate surface area is 134 Å². The van der Waals surface area contributed by atoms with Crippen LogP contribution in [-0.4, -0.2) is 22.1 Å². The van der Waals surface area contributed by atoms with E-state index in [2.05, 4.69) is 10.2 Å². The third-order valence-electron chi connectivity index (χ3n) is 3.86. The summed E-state index contributed by atoms with van der Waals surface area (Å²) >= 11 is 0. The van der Waals surface area contributed by atoms with E-state index in [0.717, 1.165) is 5.56 Å². The summed E-state index contributed by atoms with van der Waals surface area (Å²) in [7, 11) is 1.91. The molecule has 0 saturated carbocycles. The molecular formula is C18H18FN3O. The lowest BCUT2D eigenvalue weighted by Crippen LogP contribution is -2.22. The molecule has 0 aliphatic carbocycles. The number of aromatic nitrogens is 2. The third kappa shape index (κ3) is 3.46. The Balaban J connectivity index is 1.74. The topological polar surface area (TPSA) is 42.2 Å². The number of hydrogen-bond acceptors (Lipinski definition) is 4. The van der Waals surface area contributed by atoms with E-state index >= 15 is 0 Å². The quantitative estimate of drug-likeness (QED) is 0.712. The summed E-state index contributed by atoms with van der Waals surface area (Å²) in [5.74, 6) is 0.802. The molecule has 1 heterocycles. The second kappa shape index (κ2) is 6.71. The van der Waals surface area contributed by atoms with Crippen LogP contribution in [-0.2, 0) is 6.54 Å². The van der Waals surface area contributed by atoms with Crippen molar-refractivity contribution in [3.05, 3.63) is 71.9 Å². The summed E-state index contributed by atoms with van der Waals surface area (Å²) in [5, 5.41) is 8.22. The van der Waals surface area contributed by atoms with Gasteiger partial charge < -0.3 is 4.42 Å². The molecule has 1 aromatic heterocycles. The van der Waals surface area contributed by atoms with Gasteiger partial charge in [0.2, 0.25) is 11.8 Å². The Morgan fingerprint density at radius 2 is 1.74 bits per heavy atom. The van der Waals surface area contributed by atoms with Gasteiger partial charge in [-0.05, 0) is 32.2 Å². The van der Waals surface area contributed by atoms with Crippen LogP contribution in [0.15, 0.2) is 59.0 Å². The van der Waals surface area contributed by atoms with Crippen LogP contribution in [0.2, 0.25) is 0 Å². The van der Waals surface area contributed by atoms with Gasteiger partial charge in [0.25, 0.3) is 0 Å². The fraction of sp³-hybridized carbons (Fsp3) is 0.222. The Kier molecular flexibility index (Phi) is 4.48. The van der Waals surface area contributed by atoms with Crippen molar-refractivity contribution in [3.8, 4) is 11.5 Å². The Bertz CT molecular complexity index is 773. The molecule has 1 unspecified atom stereocenters. The van der Waals surface area contributed by atoms with Gasteiger partial charge in [-0.1, -0.05) is 36.4 Å². The first-order chi connectivity index (χ1) is 11.1. The molecule has 0 aliphatic heterocycles. The van der Waals surface area contributed by atoms with E-state index in [1.165, 1.54) is 6.07 Å². The second-order valence-corrected chi connectivity index (χ2v) is 5.49. The molecule has 3 aromatic rings. The highest BCUT2D eigenvalue weighted by Gasteiger charge is 2.20. The van der Waals surface area contributed by atoms with E-state index in [9.17, 15) is 4.39 Å². The highest BCUT2D eigenvalue weighted by Crippen LogP contribution is 2.24. The number of halogens is 1. The van der Waals surface area contributed by atoms with Crippen molar-refractivity contribution in [2.75, 3.05) is 7.05 Å². The number of nitrogens with zero attached hydrogens (tertiary/aromatic N) is 3. The van der Waals surface area contributed by atoms with Crippen molar-refractivity contribution in [1.82, 2.24) is 15.1 Å². The Morgan fingerprint density at radius 1 is 1.04 bits per heavy atom. The van der Waals surface area contributed by atoms with E-state index < -0.39 is 0 Å². The molecule has 3 rings (SSSR count). The molecule has 0 aliphatic rings. The van der Waals surface area contributed by atoms with Crippen LogP contribution < -0.4 is 0 Å². The minimum Gasteiger partial charge on any atom is -0.419 e. The third-order valence-corrected chi connectivity index (χ3v) is 3.86. The van der Waals surface area contributed by atoms with Crippen LogP contribution in [0, 0.1) is 5.82 Å². The van der Waals surface area contributed by atoms with E-state index in [4.69, 9.17) is 4.42 Å². The minimum absolute atomic E-state index is 0.112. The van der Waals surface area contributed by atoms with Crippen LogP contribution >= 0.6 is 0 Å². The van der Waals surface area contributed by atoms with E-state index in [1.807, 2.05) is 55.3 Å². The van der Waals surface area contributed by atoms with Crippen molar-refractivity contribution < 1.29 is 8.81 Å². The Morgan fingerprint density at radius 3 is 2.48 bits per heavy atom. The lowest BCUT2D eigenvalue weighted by Gasteiger charge is -2.21. The highest BCUT2D eigenvalue weighted by atomic mass is 19.1. The molecule has 118 valence electrons. The molecular weight excluding hydrogens is 293 g/mol. The molecule has 23 heavy (non-hydrogen) atoms. The van der Waals surface area contributed by atoms with Crippen LogP contribution in [0.5, 0.6) is 0 Å². The molecule has 5 heteroatoms. The lowest BCUT2D eigenvalue weighted by atomic mass is 10.2. The van der Waals surface area contributed by atoms with Gasteiger partial charge in [0, 0.05) is 17.7 Å². The zero-order valence-electron chi connectivity index (χ0n) is 13.1. The van der Waals surface area contributed by atoms with Crippen LogP contribution in [0.1, 0.15) is 24.4 Å². The van der Waals surface area contributed by atoms with Gasteiger partial charge >= 0.3 is 0 Å². The van der Waals surface area contributed by atoms with Gasteiger partial charge in [-0.15, -0.1) is 10.2 Å². The first-order valence-electron chi connectivity index (χ1n) is 7.47. The van der Waals surface area contributed by atoms with E-state index in [1.54, 1.807) is 12.1 Å². The smallest absolute Gasteiger partial charge is 0.247 e. The van der Waals surface area contributed by atoms with Gasteiger partial charge in [0.15, 0.2) is 0 Å². The molecule has 0 spiro atoms. The molecule has 0 amide bonds. The maximum absolute atomic E-state index is 13.8. The normalized spacial score (nSPS) is 12.5. The summed E-state index contributed by atoms with van der Waals surface area (Å²) in [4.78, 5) is 1.97. The molecule has 4 nitrogen and oxygen atoms in total. The average Bonchev–Trinajstić information content (AvgIpc) is 3.07. The first-order valence-corrected chi connectivity index (χ1v) is 7.47. The fourth-order valence-corrected chi connectivity index (χ4v) is 2.32. The summed E-state index contributed by atoms with van der Waals surface area (Å²) in [6.07, 6.45) is 0. The monoisotopic (exact) mass is 311 g/mol. The summed E-state index contributed by atoms with van der Waals surface area (Å²) in [6, 6.07) is 16.3. The molecule has 2 aromatic carbocycles. The van der Waals surface area contributed by atoms with Crippen LogP contribution in [0.3, 0.4) is 0 Å². The zero-order chi connectivity index (χ0) is 16.2. The van der Waals surface area contributed by atoms with Crippen molar-refractivity contribution >= 4 is 0 Å². The maximum atomic E-state index is 13.8. The van der Waals surface area contributed by atoms with Gasteiger partial charge in [0.1, 0.15) is 5.82 Å². The van der Waals surface area contributed by atoms with Gasteiger partial charge in [-0.25, -0.2) is 4.39 Å². The zero-order valence-corrected chi connectivity index (χ0v) is 13.1. The first kappa shape index (κ1) is 15.4. The predicted molar refractivity (Wildman–Crippen MR) is 86.0 cm³/mol. The lowest BCUT2D eigenvalue weighted by molar-refractivity contribution is 0.215. The van der Waals surface area contributed by atoms with Crippen molar-refractivity contribution in [1.29, 1.82) is 0 Å². The minimum atomic E-state index is -0.206. The predicted octanol–water partition coefficient (Wildman–Crippen LogP) is 4.07. The van der Waals surface area contributed by atoms with Crippen LogP contribution in [0.25, 0.3) is 11.5 Å². The van der Waals surface area contributed by atoms with Gasteiger partial charge in [0.05, 0.1) is 6.04 Å². The Hall–Kier alpha value is -2.53. The fourth-order valence-electron chi connectivity index (χ4n) is 2.32. The van der Waals surface area contributed by atoms with Gasteiger partial charge in [-0.2, -0.15) is 0 Å². The van der Waals surface area contributed by atoms with E-state index in [0.29, 0.717) is 23.9 Å². The summed E-state index contributed by atoms with van der Waals surface area (Å²) in [5.41, 5.74) is 1.53. The second-order valence-electron chi connectivity index (χ2n) is 5.49. The standard InChI is InChI=1S/C18H18FN3O/c1-13(22(2)12-15-10-6-7-11-16(15)19)17-20-21-18(23-17)14-8-4-3-5-9-14/h3-11,13H,12H2,1-2H3. The van der Waals surface area contributed by atoms with Crippen molar-refractivity contribution in [3.63, 3.8) is 0 Å². The van der Waals surface area contributed by atoms with Crippen molar-refractivity contribution in [2.24, 2.45) is 0 Å². The summed E-state index contributed by atoms with van der Waals surface area (Å²) < 4.78 is 19.5. The average molecular weight is 311 g/mol. The number of benzene rings is 2. The molecule has 0 bridgehead atoms. The molecule has 0 radical (unpaired) electrons. The largest absolute Gasteiger partial charge is 0.419 e. The SMILES string of the molecule is CC(c1nnc(-c2ccccc2)o1)N(C)Cc1ccccc1F. The molecule has 0 N–H and O–H groups in total. The number of hydrogen-bond donors (Lipinski definition) is 0. The maximum Gasteiger partial charge on any atom is 0.247 e. The number of rotatable bonds is 5. The summed E-state index contributed by atoms with van der Waals surface area (Å²) in [6.45, 7) is 2.43. The molecule has 0 fully saturated rings. The van der Waals surface area contributed by atoms with Crippen LogP contribution in [0.4, 0.5) is 4.39 Å². The highest BCUT2D eigenvalue weighted by molar-refractivity contribution is 5.51.